The number of carbonyl (C=O) groups excluding carboxylic acids is 1. The first kappa shape index (κ1) is 15.2. The molecule has 5 nitrogen and oxygen atoms in total. The van der Waals surface area contributed by atoms with Crippen LogP contribution in [-0.4, -0.2) is 28.6 Å². The van der Waals surface area contributed by atoms with Crippen LogP contribution in [0.3, 0.4) is 0 Å². The average molecular weight is 271 g/mol. The van der Waals surface area contributed by atoms with Gasteiger partial charge in [0.2, 0.25) is 0 Å². The lowest BCUT2D eigenvalue weighted by molar-refractivity contribution is 0.0635. The highest BCUT2D eigenvalue weighted by Gasteiger charge is 2.17. The number of rotatable bonds is 3. The molecule has 0 fully saturated rings. The molecule has 6 heteroatoms. The van der Waals surface area contributed by atoms with E-state index in [-0.39, 0.29) is 11.3 Å². The molecule has 0 saturated carbocycles. The summed E-state index contributed by atoms with van der Waals surface area (Å²) in [5, 5.41) is 21.3. The summed E-state index contributed by atoms with van der Waals surface area (Å²) in [6.45, 7) is 4.15. The second-order valence-corrected chi connectivity index (χ2v) is 5.07. The maximum absolute atomic E-state index is 12.4. The van der Waals surface area contributed by atoms with E-state index in [0.29, 0.717) is 5.69 Å². The van der Waals surface area contributed by atoms with E-state index in [1.807, 2.05) is 0 Å². The molecule has 0 bridgehead atoms. The molecule has 1 aromatic carbocycles. The van der Waals surface area contributed by atoms with Gasteiger partial charge in [-0.05, 0) is 39.0 Å². The quantitative estimate of drug-likeness (QED) is 0.738. The zero-order valence-electron chi connectivity index (χ0n) is 11.1. The van der Waals surface area contributed by atoms with E-state index in [1.54, 1.807) is 20.8 Å². The lowest BCUT2D eigenvalue weighted by Crippen LogP contribution is -2.27. The Labute approximate surface area is 111 Å². The Morgan fingerprint density at radius 1 is 1.47 bits per heavy atom. The zero-order valence-corrected chi connectivity index (χ0v) is 11.1. The van der Waals surface area contributed by atoms with Crippen LogP contribution in [0, 0.1) is 0 Å². The fourth-order valence-electron chi connectivity index (χ4n) is 1.40. The Bertz CT molecular complexity index is 456. The minimum Gasteiger partial charge on any atom is -0.508 e. The Morgan fingerprint density at radius 3 is 2.63 bits per heavy atom. The predicted molar refractivity (Wildman–Crippen MR) is 68.9 cm³/mol. The molecule has 0 aromatic heterocycles. The number of alkyl halides is 1. The summed E-state index contributed by atoms with van der Waals surface area (Å²) in [5.41, 5.74) is -0.326. The third-order valence-electron chi connectivity index (χ3n) is 2.18. The van der Waals surface area contributed by atoms with Crippen molar-refractivity contribution in [1.82, 2.24) is 0 Å². The van der Waals surface area contributed by atoms with E-state index < -0.39 is 24.5 Å². The van der Waals surface area contributed by atoms with Crippen LogP contribution in [-0.2, 0) is 4.74 Å². The molecule has 0 aliphatic carbocycles. The predicted octanol–water partition coefficient (Wildman–Crippen LogP) is 2.74. The molecular formula is C13H18FNO4. The van der Waals surface area contributed by atoms with Crippen LogP contribution in [0.4, 0.5) is 14.9 Å². The summed E-state index contributed by atoms with van der Waals surface area (Å²) in [6.07, 6.45) is -2.10. The lowest BCUT2D eigenvalue weighted by atomic mass is 10.1. The van der Waals surface area contributed by atoms with Crippen LogP contribution in [0.1, 0.15) is 32.4 Å². The molecule has 0 heterocycles. The standard InChI is InChI=1S/C13H18FNO4/c1-13(2,3)19-12(18)15-8-4-5-10(16)9(6-8)11(17)7-14/h4-6,11,16-17H,7H2,1-3H3,(H,15,18). The van der Waals surface area contributed by atoms with Gasteiger partial charge in [-0.15, -0.1) is 0 Å². The second kappa shape index (κ2) is 5.88. The molecule has 1 atom stereocenters. The molecule has 3 N–H and O–H groups in total. The number of phenols is 1. The molecular weight excluding hydrogens is 253 g/mol. The number of amides is 1. The summed E-state index contributed by atoms with van der Waals surface area (Å²) < 4.78 is 17.4. The Balaban J connectivity index is 2.83. The highest BCUT2D eigenvalue weighted by atomic mass is 19.1. The first-order valence-corrected chi connectivity index (χ1v) is 5.80. The van der Waals surface area contributed by atoms with Crippen LogP contribution in [0.25, 0.3) is 0 Å². The van der Waals surface area contributed by atoms with Gasteiger partial charge in [0.25, 0.3) is 0 Å². The normalized spacial score (nSPS) is 12.9. The fraction of sp³-hybridized carbons (Fsp3) is 0.462. The zero-order chi connectivity index (χ0) is 14.6. The Morgan fingerprint density at radius 2 is 2.11 bits per heavy atom. The molecule has 1 amide bonds. The van der Waals surface area contributed by atoms with Gasteiger partial charge in [0, 0.05) is 11.3 Å². The molecule has 0 saturated heterocycles. The SMILES string of the molecule is CC(C)(C)OC(=O)Nc1ccc(O)c(C(O)CF)c1. The highest BCUT2D eigenvalue weighted by molar-refractivity contribution is 5.85. The van der Waals surface area contributed by atoms with Gasteiger partial charge in [0.15, 0.2) is 0 Å². The molecule has 1 rings (SSSR count). The number of phenolic OH excluding ortho intramolecular Hbond substituents is 1. The monoisotopic (exact) mass is 271 g/mol. The van der Waals surface area contributed by atoms with Gasteiger partial charge in [-0.1, -0.05) is 0 Å². The van der Waals surface area contributed by atoms with E-state index >= 15 is 0 Å². The van der Waals surface area contributed by atoms with Gasteiger partial charge in [0.05, 0.1) is 0 Å². The molecule has 0 aliphatic rings. The number of carbonyl (C=O) groups is 1. The van der Waals surface area contributed by atoms with Gasteiger partial charge >= 0.3 is 6.09 Å². The summed E-state index contributed by atoms with van der Waals surface area (Å²) in [6, 6.07) is 3.98. The fourth-order valence-corrected chi connectivity index (χ4v) is 1.40. The van der Waals surface area contributed by atoms with Crippen LogP contribution >= 0.6 is 0 Å². The minimum absolute atomic E-state index is 0.0102. The van der Waals surface area contributed by atoms with Crippen molar-refractivity contribution in [3.63, 3.8) is 0 Å². The van der Waals surface area contributed by atoms with E-state index in [9.17, 15) is 19.4 Å². The van der Waals surface area contributed by atoms with Gasteiger partial charge in [0.1, 0.15) is 24.1 Å². The third-order valence-corrected chi connectivity index (χ3v) is 2.18. The topological polar surface area (TPSA) is 78.8 Å². The summed E-state index contributed by atoms with van der Waals surface area (Å²) in [4.78, 5) is 11.5. The second-order valence-electron chi connectivity index (χ2n) is 5.07. The van der Waals surface area contributed by atoms with Gasteiger partial charge in [-0.3, -0.25) is 5.32 Å². The van der Waals surface area contributed by atoms with Crippen molar-refractivity contribution in [1.29, 1.82) is 0 Å². The van der Waals surface area contributed by atoms with Crippen LogP contribution < -0.4 is 5.32 Å². The van der Waals surface area contributed by atoms with Gasteiger partial charge in [-0.2, -0.15) is 0 Å². The number of nitrogens with one attached hydrogen (secondary N) is 1. The number of aliphatic hydroxyl groups is 1. The van der Waals surface area contributed by atoms with Crippen molar-refractivity contribution >= 4 is 11.8 Å². The molecule has 1 aromatic rings. The van der Waals surface area contributed by atoms with Crippen molar-refractivity contribution in [2.75, 3.05) is 12.0 Å². The maximum Gasteiger partial charge on any atom is 0.412 e. The van der Waals surface area contributed by atoms with Crippen molar-refractivity contribution in [2.45, 2.75) is 32.5 Å². The average Bonchev–Trinajstić information content (AvgIpc) is 2.28. The number of benzene rings is 1. The first-order valence-electron chi connectivity index (χ1n) is 5.80. The number of hydrogen-bond donors (Lipinski definition) is 3. The van der Waals surface area contributed by atoms with Crippen molar-refractivity contribution in [2.24, 2.45) is 0 Å². The summed E-state index contributed by atoms with van der Waals surface area (Å²) in [5.74, 6) is -0.236. The lowest BCUT2D eigenvalue weighted by Gasteiger charge is -2.20. The van der Waals surface area contributed by atoms with E-state index in [2.05, 4.69) is 5.32 Å². The maximum atomic E-state index is 12.4. The number of aliphatic hydroxyl groups excluding tert-OH is 1. The number of ether oxygens (including phenoxy) is 1. The first-order chi connectivity index (χ1) is 8.73. The number of halogens is 1. The smallest absolute Gasteiger partial charge is 0.412 e. The molecule has 106 valence electrons. The van der Waals surface area contributed by atoms with Crippen LogP contribution in [0.5, 0.6) is 5.75 Å². The number of aromatic hydroxyl groups is 1. The largest absolute Gasteiger partial charge is 0.508 e. The molecule has 19 heavy (non-hydrogen) atoms. The minimum atomic E-state index is -1.43. The van der Waals surface area contributed by atoms with Crippen molar-refractivity contribution in [3.8, 4) is 5.75 Å². The molecule has 0 aliphatic heterocycles. The Hall–Kier alpha value is -1.82. The number of anilines is 1. The van der Waals surface area contributed by atoms with Crippen molar-refractivity contribution in [3.05, 3.63) is 23.8 Å². The van der Waals surface area contributed by atoms with Gasteiger partial charge < -0.3 is 14.9 Å². The van der Waals surface area contributed by atoms with Crippen LogP contribution in [0.2, 0.25) is 0 Å². The molecule has 0 radical (unpaired) electrons. The van der Waals surface area contributed by atoms with Crippen LogP contribution in [0.15, 0.2) is 18.2 Å². The van der Waals surface area contributed by atoms with E-state index in [4.69, 9.17) is 4.74 Å². The Kier molecular flexibility index (Phi) is 4.72. The summed E-state index contributed by atoms with van der Waals surface area (Å²) >= 11 is 0. The number of hydrogen-bond acceptors (Lipinski definition) is 4. The third kappa shape index (κ3) is 4.75. The molecule has 1 unspecified atom stereocenters. The molecule has 0 spiro atoms. The van der Waals surface area contributed by atoms with E-state index in [0.717, 1.165) is 0 Å². The van der Waals surface area contributed by atoms with Gasteiger partial charge in [-0.25, -0.2) is 9.18 Å². The van der Waals surface area contributed by atoms with Crippen molar-refractivity contribution < 1.29 is 24.1 Å². The summed E-state index contributed by atoms with van der Waals surface area (Å²) in [7, 11) is 0. The van der Waals surface area contributed by atoms with E-state index in [1.165, 1.54) is 18.2 Å². The highest BCUT2D eigenvalue weighted by Crippen LogP contribution is 2.27.